The van der Waals surface area contributed by atoms with Gasteiger partial charge in [-0.25, -0.2) is 9.69 Å². The first-order chi connectivity index (χ1) is 12.0. The number of hydrogen-bond acceptors (Lipinski definition) is 5. The molecule has 2 aliphatic heterocycles. The molecule has 132 valence electrons. The zero-order chi connectivity index (χ0) is 18.0. The summed E-state index contributed by atoms with van der Waals surface area (Å²) in [6.45, 7) is 3.28. The number of benzene rings is 1. The van der Waals surface area contributed by atoms with Gasteiger partial charge in [0.15, 0.2) is 0 Å². The second kappa shape index (κ2) is 6.92. The Morgan fingerprint density at radius 3 is 2.16 bits per heavy atom. The fourth-order valence-corrected chi connectivity index (χ4v) is 3.04. The van der Waals surface area contributed by atoms with Gasteiger partial charge in [0.25, 0.3) is 0 Å². The summed E-state index contributed by atoms with van der Waals surface area (Å²) in [5, 5.41) is 2.64. The molecule has 0 radical (unpaired) electrons. The van der Waals surface area contributed by atoms with Gasteiger partial charge in [0.2, 0.25) is 5.91 Å². The summed E-state index contributed by atoms with van der Waals surface area (Å²) < 4.78 is 0. The molecule has 2 aliphatic rings. The standard InChI is InChI=1S/C17H20N4O4/c1-2-20-15(23)16(24)21(17(20)25)11-14(22)18-12-5-7-13(8-6-12)19-9-3-4-10-19/h5-8H,2-4,9-11H2,1H3,(H,18,22). The van der Waals surface area contributed by atoms with Crippen molar-refractivity contribution in [2.75, 3.05) is 36.4 Å². The molecule has 0 spiro atoms. The third-order valence-corrected chi connectivity index (χ3v) is 4.38. The summed E-state index contributed by atoms with van der Waals surface area (Å²) in [5.41, 5.74) is 1.68. The van der Waals surface area contributed by atoms with Crippen LogP contribution >= 0.6 is 0 Å². The molecule has 2 heterocycles. The van der Waals surface area contributed by atoms with Crippen molar-refractivity contribution in [3.8, 4) is 0 Å². The van der Waals surface area contributed by atoms with Gasteiger partial charge in [0, 0.05) is 31.0 Å². The summed E-state index contributed by atoms with van der Waals surface area (Å²) in [7, 11) is 0. The Morgan fingerprint density at radius 1 is 1.00 bits per heavy atom. The minimum atomic E-state index is -0.966. The third kappa shape index (κ3) is 3.33. The number of likely N-dealkylation sites (N-methyl/N-ethyl adjacent to an activating group) is 1. The van der Waals surface area contributed by atoms with Crippen LogP contribution in [0.25, 0.3) is 0 Å². The van der Waals surface area contributed by atoms with Gasteiger partial charge in [0.1, 0.15) is 6.54 Å². The fraction of sp³-hybridized carbons (Fsp3) is 0.412. The van der Waals surface area contributed by atoms with Crippen LogP contribution in [-0.2, 0) is 14.4 Å². The molecule has 2 saturated heterocycles. The van der Waals surface area contributed by atoms with E-state index in [0.29, 0.717) is 10.6 Å². The molecule has 0 aliphatic carbocycles. The highest BCUT2D eigenvalue weighted by molar-refractivity contribution is 6.45. The maximum Gasteiger partial charge on any atom is 0.334 e. The van der Waals surface area contributed by atoms with Crippen molar-refractivity contribution in [2.24, 2.45) is 0 Å². The lowest BCUT2D eigenvalue weighted by Gasteiger charge is -2.18. The van der Waals surface area contributed by atoms with E-state index in [4.69, 9.17) is 0 Å². The van der Waals surface area contributed by atoms with Crippen molar-refractivity contribution in [1.82, 2.24) is 9.80 Å². The molecule has 2 fully saturated rings. The van der Waals surface area contributed by atoms with Crippen LogP contribution in [-0.4, -0.2) is 59.7 Å². The highest BCUT2D eigenvalue weighted by Crippen LogP contribution is 2.22. The Hall–Kier alpha value is -2.90. The zero-order valence-electron chi connectivity index (χ0n) is 14.0. The Labute approximate surface area is 145 Å². The molecule has 0 bridgehead atoms. The predicted molar refractivity (Wildman–Crippen MR) is 91.0 cm³/mol. The summed E-state index contributed by atoms with van der Waals surface area (Å²) in [4.78, 5) is 51.3. The third-order valence-electron chi connectivity index (χ3n) is 4.38. The largest absolute Gasteiger partial charge is 0.372 e. The first-order valence-corrected chi connectivity index (χ1v) is 8.33. The molecule has 0 atom stereocenters. The van der Waals surface area contributed by atoms with E-state index in [0.717, 1.165) is 23.7 Å². The van der Waals surface area contributed by atoms with Crippen LogP contribution in [0.2, 0.25) is 0 Å². The van der Waals surface area contributed by atoms with E-state index < -0.39 is 30.3 Å². The number of nitrogens with zero attached hydrogens (tertiary/aromatic N) is 3. The first kappa shape index (κ1) is 16.9. The number of carbonyl (C=O) groups excluding carboxylic acids is 4. The zero-order valence-corrected chi connectivity index (χ0v) is 14.0. The van der Waals surface area contributed by atoms with E-state index in [9.17, 15) is 19.2 Å². The van der Waals surface area contributed by atoms with Crippen LogP contribution in [0.1, 0.15) is 19.8 Å². The second-order valence-corrected chi connectivity index (χ2v) is 6.01. The van der Waals surface area contributed by atoms with Gasteiger partial charge in [0.05, 0.1) is 0 Å². The maximum atomic E-state index is 12.1. The number of carbonyl (C=O) groups is 4. The molecule has 0 saturated carbocycles. The Kier molecular flexibility index (Phi) is 4.69. The van der Waals surface area contributed by atoms with E-state index in [1.807, 2.05) is 12.1 Å². The first-order valence-electron chi connectivity index (χ1n) is 8.33. The lowest BCUT2D eigenvalue weighted by molar-refractivity contribution is -0.143. The van der Waals surface area contributed by atoms with Gasteiger partial charge in [-0.2, -0.15) is 0 Å². The average molecular weight is 344 g/mol. The highest BCUT2D eigenvalue weighted by Gasteiger charge is 2.44. The van der Waals surface area contributed by atoms with Gasteiger partial charge in [-0.05, 0) is 44.0 Å². The molecule has 25 heavy (non-hydrogen) atoms. The van der Waals surface area contributed by atoms with Gasteiger partial charge in [-0.15, -0.1) is 0 Å². The number of nitrogens with one attached hydrogen (secondary N) is 1. The molecule has 1 aromatic rings. The lowest BCUT2D eigenvalue weighted by atomic mass is 10.2. The smallest absolute Gasteiger partial charge is 0.334 e. The molecule has 1 N–H and O–H groups in total. The van der Waals surface area contributed by atoms with Crippen molar-refractivity contribution in [3.63, 3.8) is 0 Å². The van der Waals surface area contributed by atoms with Gasteiger partial charge >= 0.3 is 17.8 Å². The predicted octanol–water partition coefficient (Wildman–Crippen LogP) is 1.04. The van der Waals surface area contributed by atoms with Gasteiger partial charge in [-0.1, -0.05) is 0 Å². The topological polar surface area (TPSA) is 90.0 Å². The number of anilines is 2. The fourth-order valence-electron chi connectivity index (χ4n) is 3.04. The highest BCUT2D eigenvalue weighted by atomic mass is 16.2. The van der Waals surface area contributed by atoms with Crippen molar-refractivity contribution >= 4 is 35.1 Å². The summed E-state index contributed by atoms with van der Waals surface area (Å²) in [5.74, 6) is -2.39. The Bertz CT molecular complexity index is 710. The molecule has 3 rings (SSSR count). The minimum Gasteiger partial charge on any atom is -0.372 e. The maximum absolute atomic E-state index is 12.1. The van der Waals surface area contributed by atoms with E-state index in [1.165, 1.54) is 12.8 Å². The summed E-state index contributed by atoms with van der Waals surface area (Å²) in [6.07, 6.45) is 2.37. The molecule has 8 heteroatoms. The minimum absolute atomic E-state index is 0.0967. The summed E-state index contributed by atoms with van der Waals surface area (Å²) in [6, 6.07) is 6.66. The Morgan fingerprint density at radius 2 is 1.60 bits per heavy atom. The number of imide groups is 2. The molecule has 0 unspecified atom stereocenters. The van der Waals surface area contributed by atoms with E-state index in [-0.39, 0.29) is 6.54 Å². The lowest BCUT2D eigenvalue weighted by Crippen LogP contribution is -2.38. The quantitative estimate of drug-likeness (QED) is 0.637. The van der Waals surface area contributed by atoms with Crippen molar-refractivity contribution < 1.29 is 19.2 Å². The molecule has 8 nitrogen and oxygen atoms in total. The Balaban J connectivity index is 1.60. The van der Waals surface area contributed by atoms with Crippen molar-refractivity contribution in [1.29, 1.82) is 0 Å². The molecule has 0 aromatic heterocycles. The van der Waals surface area contributed by atoms with Crippen LogP contribution in [0, 0.1) is 0 Å². The van der Waals surface area contributed by atoms with Crippen LogP contribution in [0.3, 0.4) is 0 Å². The average Bonchev–Trinajstić information content (AvgIpc) is 3.20. The molecule has 5 amide bonds. The van der Waals surface area contributed by atoms with Crippen LogP contribution < -0.4 is 10.2 Å². The van der Waals surface area contributed by atoms with Gasteiger partial charge in [-0.3, -0.25) is 19.3 Å². The van der Waals surface area contributed by atoms with E-state index in [1.54, 1.807) is 19.1 Å². The van der Waals surface area contributed by atoms with Gasteiger partial charge < -0.3 is 10.2 Å². The normalized spacial score (nSPS) is 17.6. The number of hydrogen-bond donors (Lipinski definition) is 1. The molecular weight excluding hydrogens is 324 g/mol. The number of amides is 5. The number of urea groups is 1. The SMILES string of the molecule is CCN1C(=O)C(=O)N(CC(=O)Nc2ccc(N3CCCC3)cc2)C1=O. The van der Waals surface area contributed by atoms with E-state index in [2.05, 4.69) is 10.2 Å². The van der Waals surface area contributed by atoms with Crippen molar-refractivity contribution in [3.05, 3.63) is 24.3 Å². The van der Waals surface area contributed by atoms with Crippen molar-refractivity contribution in [2.45, 2.75) is 19.8 Å². The van der Waals surface area contributed by atoms with Crippen LogP contribution in [0.4, 0.5) is 16.2 Å². The number of rotatable bonds is 5. The monoisotopic (exact) mass is 344 g/mol. The molecular formula is C17H20N4O4. The van der Waals surface area contributed by atoms with E-state index >= 15 is 0 Å². The van der Waals surface area contributed by atoms with Crippen LogP contribution in [0.15, 0.2) is 24.3 Å². The molecule has 1 aromatic carbocycles. The second-order valence-electron chi connectivity index (χ2n) is 6.01. The van der Waals surface area contributed by atoms with Crippen LogP contribution in [0.5, 0.6) is 0 Å². The summed E-state index contributed by atoms with van der Waals surface area (Å²) >= 11 is 0.